The molecule has 0 radical (unpaired) electrons. The van der Waals surface area contributed by atoms with Crippen molar-refractivity contribution < 1.29 is 28.7 Å². The van der Waals surface area contributed by atoms with Gasteiger partial charge in [0.25, 0.3) is 0 Å². The van der Waals surface area contributed by atoms with Crippen molar-refractivity contribution in [2.75, 3.05) is 19.0 Å². The number of carbonyl (C=O) groups excluding carboxylic acids is 4. The maximum absolute atomic E-state index is 12.9. The Morgan fingerprint density at radius 3 is 2.16 bits per heavy atom. The summed E-state index contributed by atoms with van der Waals surface area (Å²) in [4.78, 5) is 50.1. The zero-order chi connectivity index (χ0) is 27.1. The minimum Gasteiger partial charge on any atom is -0.465 e. The highest BCUT2D eigenvalue weighted by Gasteiger charge is 2.37. The molecule has 3 atom stereocenters. The van der Waals surface area contributed by atoms with Crippen molar-refractivity contribution in [3.8, 4) is 0 Å². The topological polar surface area (TPSA) is 137 Å². The normalized spacial score (nSPS) is 14.0. The van der Waals surface area contributed by atoms with Gasteiger partial charge in [-0.2, -0.15) is 11.8 Å². The second-order valence-corrected chi connectivity index (χ2v) is 9.24. The van der Waals surface area contributed by atoms with Crippen molar-refractivity contribution in [2.45, 2.75) is 50.2 Å². The summed E-state index contributed by atoms with van der Waals surface area (Å²) in [6.45, 7) is 3.70. The number of benzene rings is 2. The van der Waals surface area contributed by atoms with Crippen molar-refractivity contribution in [3.05, 3.63) is 71.8 Å². The Kier molecular flexibility index (Phi) is 12.8. The summed E-state index contributed by atoms with van der Waals surface area (Å²) in [6, 6.07) is 16.5. The summed E-state index contributed by atoms with van der Waals surface area (Å²) in [6.07, 6.45) is 0.510. The summed E-state index contributed by atoms with van der Waals surface area (Å²) in [5.41, 5.74) is 5.85. The Morgan fingerprint density at radius 1 is 0.973 bits per heavy atom. The number of rotatable bonds is 16. The van der Waals surface area contributed by atoms with Gasteiger partial charge in [-0.3, -0.25) is 19.7 Å². The standard InChI is InChI=1S/C27H35N3O6S/c1-3-35-25(33)22(28)15-16-23(32)29-27(18-31,19-37-17-20-11-7-5-8-12-20)30-24(26(34)36-4-2)21-13-9-6-10-14-21/h5-14,18,22,24,30H,3-4,15-17,19,28H2,1-2H3,(H,29,32)/t22-,24?,27-/m0/s1. The molecule has 0 heterocycles. The van der Waals surface area contributed by atoms with Crippen LogP contribution in [0.2, 0.25) is 0 Å². The second-order valence-electron chi connectivity index (χ2n) is 8.25. The van der Waals surface area contributed by atoms with E-state index in [4.69, 9.17) is 15.2 Å². The number of esters is 2. The lowest BCUT2D eigenvalue weighted by molar-refractivity contribution is -0.147. The van der Waals surface area contributed by atoms with Crippen LogP contribution >= 0.6 is 11.8 Å². The van der Waals surface area contributed by atoms with Crippen LogP contribution in [0.3, 0.4) is 0 Å². The van der Waals surface area contributed by atoms with Gasteiger partial charge in [-0.05, 0) is 31.4 Å². The van der Waals surface area contributed by atoms with E-state index in [0.717, 1.165) is 5.56 Å². The molecule has 37 heavy (non-hydrogen) atoms. The van der Waals surface area contributed by atoms with Crippen LogP contribution in [-0.2, 0) is 34.4 Å². The molecule has 0 saturated heterocycles. The number of thioether (sulfide) groups is 1. The van der Waals surface area contributed by atoms with Gasteiger partial charge < -0.3 is 20.5 Å². The molecule has 4 N–H and O–H groups in total. The molecule has 9 nitrogen and oxygen atoms in total. The zero-order valence-electron chi connectivity index (χ0n) is 21.2. The van der Waals surface area contributed by atoms with Crippen LogP contribution in [0.25, 0.3) is 0 Å². The number of aldehydes is 1. The molecular formula is C27H35N3O6S. The first kappa shape index (κ1) is 30.0. The summed E-state index contributed by atoms with van der Waals surface area (Å²) in [5.74, 6) is -0.970. The molecule has 0 fully saturated rings. The van der Waals surface area contributed by atoms with Crippen LogP contribution in [0.1, 0.15) is 43.9 Å². The van der Waals surface area contributed by atoms with Crippen LogP contribution in [0.5, 0.6) is 0 Å². The summed E-state index contributed by atoms with van der Waals surface area (Å²) < 4.78 is 10.1. The predicted octanol–water partition coefficient (Wildman–Crippen LogP) is 2.50. The van der Waals surface area contributed by atoms with Crippen molar-refractivity contribution in [3.63, 3.8) is 0 Å². The van der Waals surface area contributed by atoms with Gasteiger partial charge in [0.1, 0.15) is 12.1 Å². The van der Waals surface area contributed by atoms with Gasteiger partial charge >= 0.3 is 11.9 Å². The average Bonchev–Trinajstić information content (AvgIpc) is 2.91. The molecule has 200 valence electrons. The van der Waals surface area contributed by atoms with E-state index < -0.39 is 35.6 Å². The Balaban J connectivity index is 2.24. The van der Waals surface area contributed by atoms with Gasteiger partial charge in [-0.25, -0.2) is 4.79 Å². The van der Waals surface area contributed by atoms with Crippen molar-refractivity contribution in [2.24, 2.45) is 5.73 Å². The highest BCUT2D eigenvalue weighted by molar-refractivity contribution is 7.98. The first-order chi connectivity index (χ1) is 17.8. The van der Waals surface area contributed by atoms with Crippen molar-refractivity contribution >= 4 is 35.9 Å². The molecule has 0 saturated carbocycles. The largest absolute Gasteiger partial charge is 0.465 e. The van der Waals surface area contributed by atoms with Gasteiger partial charge in [-0.15, -0.1) is 0 Å². The highest BCUT2D eigenvalue weighted by Crippen LogP contribution is 2.22. The Hall–Kier alpha value is -3.21. The molecule has 1 amide bonds. The Bertz CT molecular complexity index is 1010. The fraction of sp³-hybridized carbons (Fsp3) is 0.407. The van der Waals surface area contributed by atoms with E-state index in [0.29, 0.717) is 17.6 Å². The van der Waals surface area contributed by atoms with Crippen LogP contribution in [0.4, 0.5) is 0 Å². The average molecular weight is 530 g/mol. The zero-order valence-corrected chi connectivity index (χ0v) is 22.0. The predicted molar refractivity (Wildman–Crippen MR) is 142 cm³/mol. The van der Waals surface area contributed by atoms with Gasteiger partial charge in [0, 0.05) is 17.9 Å². The molecule has 10 heteroatoms. The summed E-state index contributed by atoms with van der Waals surface area (Å²) >= 11 is 1.42. The lowest BCUT2D eigenvalue weighted by atomic mass is 10.0. The molecule has 1 unspecified atom stereocenters. The van der Waals surface area contributed by atoms with Crippen LogP contribution in [0.15, 0.2) is 60.7 Å². The molecule has 2 rings (SSSR count). The van der Waals surface area contributed by atoms with E-state index in [-0.39, 0.29) is 31.8 Å². The van der Waals surface area contributed by atoms with Gasteiger partial charge in [0.2, 0.25) is 5.91 Å². The molecule has 0 aliphatic heterocycles. The van der Waals surface area contributed by atoms with Crippen molar-refractivity contribution in [1.82, 2.24) is 10.6 Å². The van der Waals surface area contributed by atoms with E-state index in [1.54, 1.807) is 38.1 Å². The van der Waals surface area contributed by atoms with Crippen LogP contribution < -0.4 is 16.4 Å². The number of hydrogen-bond acceptors (Lipinski definition) is 9. The van der Waals surface area contributed by atoms with Gasteiger partial charge in [0.15, 0.2) is 11.9 Å². The minimum absolute atomic E-state index is 0.0384. The third-order valence-corrected chi connectivity index (χ3v) is 6.53. The first-order valence-electron chi connectivity index (χ1n) is 12.1. The van der Waals surface area contributed by atoms with Crippen molar-refractivity contribution in [1.29, 1.82) is 0 Å². The monoisotopic (exact) mass is 529 g/mol. The molecule has 0 aromatic heterocycles. The number of nitrogens with one attached hydrogen (secondary N) is 2. The van der Waals surface area contributed by atoms with Gasteiger partial charge in [0.05, 0.1) is 13.2 Å². The minimum atomic E-state index is -1.60. The summed E-state index contributed by atoms with van der Waals surface area (Å²) in [5, 5.41) is 5.78. The smallest absolute Gasteiger partial charge is 0.327 e. The van der Waals surface area contributed by atoms with Crippen LogP contribution in [-0.4, -0.2) is 54.8 Å². The number of ether oxygens (including phenoxy) is 2. The third-order valence-electron chi connectivity index (χ3n) is 5.33. The molecule has 0 spiro atoms. The third kappa shape index (κ3) is 9.99. The fourth-order valence-electron chi connectivity index (χ4n) is 3.49. The molecule has 2 aromatic carbocycles. The Morgan fingerprint density at radius 2 is 1.57 bits per heavy atom. The van der Waals surface area contributed by atoms with E-state index in [9.17, 15) is 19.2 Å². The van der Waals surface area contributed by atoms with Gasteiger partial charge in [-0.1, -0.05) is 60.7 Å². The molecular weight excluding hydrogens is 494 g/mol. The number of carbonyl (C=O) groups is 4. The molecule has 0 aliphatic carbocycles. The van der Waals surface area contributed by atoms with E-state index in [1.165, 1.54) is 11.8 Å². The lowest BCUT2D eigenvalue weighted by Gasteiger charge is -2.34. The second kappa shape index (κ2) is 15.8. The number of hydrogen-bond donors (Lipinski definition) is 3. The molecule has 0 aliphatic rings. The molecule has 0 bridgehead atoms. The maximum Gasteiger partial charge on any atom is 0.327 e. The van der Waals surface area contributed by atoms with E-state index in [1.807, 2.05) is 36.4 Å². The maximum atomic E-state index is 12.9. The van der Waals surface area contributed by atoms with Crippen LogP contribution in [0, 0.1) is 0 Å². The Labute approximate surface area is 221 Å². The highest BCUT2D eigenvalue weighted by atomic mass is 32.2. The SMILES string of the molecule is CCOC(=O)C(N[C@@](C=O)(CSCc1ccccc1)NC(=O)CC[C@H](N)C(=O)OCC)c1ccccc1. The fourth-order valence-corrected chi connectivity index (χ4v) is 4.56. The quantitative estimate of drug-likeness (QED) is 0.170. The number of nitrogens with two attached hydrogens (primary N) is 1. The lowest BCUT2D eigenvalue weighted by Crippen LogP contribution is -2.64. The molecule has 2 aromatic rings. The van der Waals surface area contributed by atoms with E-state index in [2.05, 4.69) is 10.6 Å². The number of amides is 1. The first-order valence-corrected chi connectivity index (χ1v) is 13.3. The summed E-state index contributed by atoms with van der Waals surface area (Å²) in [7, 11) is 0. The van der Waals surface area contributed by atoms with E-state index >= 15 is 0 Å².